The van der Waals surface area contributed by atoms with Crippen molar-refractivity contribution in [3.05, 3.63) is 40.9 Å². The maximum atomic E-state index is 13.1. The molecule has 0 bridgehead atoms. The average Bonchev–Trinajstić information content (AvgIpc) is 2.59. The van der Waals surface area contributed by atoms with Crippen LogP contribution in [0.15, 0.2) is 18.2 Å². The maximum absolute atomic E-state index is 13.1. The van der Waals surface area contributed by atoms with Gasteiger partial charge in [-0.2, -0.15) is 0 Å². The first-order valence-electron chi connectivity index (χ1n) is 5.18. The van der Waals surface area contributed by atoms with E-state index < -0.39 is 11.6 Å². The third kappa shape index (κ3) is 2.44. The molecule has 0 aliphatic heterocycles. The molecule has 0 N–H and O–H groups in total. The lowest BCUT2D eigenvalue weighted by atomic mass is 10.2. The molecular weight excluding hydrogens is 248 g/mol. The van der Waals surface area contributed by atoms with Gasteiger partial charge in [0.15, 0.2) is 0 Å². The zero-order chi connectivity index (χ0) is 12.4. The lowest BCUT2D eigenvalue weighted by Gasteiger charge is -2.07. The number of benzene rings is 1. The fraction of sp³-hybridized carbons (Fsp3) is 0.273. The average molecular weight is 258 g/mol. The first-order chi connectivity index (χ1) is 8.11. The predicted molar refractivity (Wildman–Crippen MR) is 60.3 cm³/mol. The van der Waals surface area contributed by atoms with Crippen LogP contribution in [0.25, 0.3) is 5.69 Å². The summed E-state index contributed by atoms with van der Waals surface area (Å²) in [6, 6.07) is 3.19. The molecule has 2 rings (SSSR count). The van der Waals surface area contributed by atoms with Crippen LogP contribution in [0.1, 0.15) is 19.2 Å². The smallest absolute Gasteiger partial charge is 0.229 e. The van der Waals surface area contributed by atoms with Crippen molar-refractivity contribution in [2.24, 2.45) is 0 Å². The van der Waals surface area contributed by atoms with E-state index in [-0.39, 0.29) is 5.28 Å². The highest BCUT2D eigenvalue weighted by molar-refractivity contribution is 6.28. The molecule has 1 aromatic carbocycles. The molecule has 0 radical (unpaired) electrons. The minimum Gasteiger partial charge on any atom is -0.270 e. The number of aromatic nitrogens is 3. The molecule has 0 aliphatic rings. The Bertz CT molecular complexity index is 519. The van der Waals surface area contributed by atoms with Crippen LogP contribution in [-0.2, 0) is 6.42 Å². The van der Waals surface area contributed by atoms with E-state index in [4.69, 9.17) is 11.6 Å². The Hall–Kier alpha value is -1.49. The molecule has 6 heteroatoms. The number of rotatable bonds is 3. The summed E-state index contributed by atoms with van der Waals surface area (Å²) >= 11 is 5.86. The van der Waals surface area contributed by atoms with Gasteiger partial charge in [0.05, 0.1) is 5.69 Å². The Morgan fingerprint density at radius 1 is 1.18 bits per heavy atom. The summed E-state index contributed by atoms with van der Waals surface area (Å²) in [4.78, 5) is 0. The van der Waals surface area contributed by atoms with Gasteiger partial charge >= 0.3 is 0 Å². The van der Waals surface area contributed by atoms with E-state index in [1.807, 2.05) is 6.92 Å². The van der Waals surface area contributed by atoms with Gasteiger partial charge in [0.25, 0.3) is 0 Å². The molecule has 0 unspecified atom stereocenters. The summed E-state index contributed by atoms with van der Waals surface area (Å²) in [7, 11) is 0. The molecule has 1 heterocycles. The number of halogens is 3. The van der Waals surface area contributed by atoms with Crippen LogP contribution in [0.2, 0.25) is 5.28 Å². The van der Waals surface area contributed by atoms with Crippen LogP contribution in [-0.4, -0.2) is 14.8 Å². The largest absolute Gasteiger partial charge is 0.270 e. The van der Waals surface area contributed by atoms with Crippen molar-refractivity contribution in [2.45, 2.75) is 19.8 Å². The second-order valence-corrected chi connectivity index (χ2v) is 3.94. The van der Waals surface area contributed by atoms with Crippen molar-refractivity contribution >= 4 is 11.6 Å². The molecule has 2 aromatic rings. The lowest BCUT2D eigenvalue weighted by Crippen LogP contribution is -2.02. The molecule has 0 saturated heterocycles. The first kappa shape index (κ1) is 12.0. The van der Waals surface area contributed by atoms with Crippen LogP contribution >= 0.6 is 11.6 Å². The summed E-state index contributed by atoms with van der Waals surface area (Å²) in [6.07, 6.45) is 1.48. The third-order valence-corrected chi connectivity index (χ3v) is 2.51. The summed E-state index contributed by atoms with van der Waals surface area (Å²) in [5, 5.41) is 7.68. The van der Waals surface area contributed by atoms with Crippen molar-refractivity contribution in [3.8, 4) is 5.69 Å². The third-order valence-electron chi connectivity index (χ3n) is 2.27. The van der Waals surface area contributed by atoms with E-state index >= 15 is 0 Å². The SMILES string of the molecule is CCCc1nnc(Cl)n1-c1cc(F)cc(F)c1. The Kier molecular flexibility index (Phi) is 3.38. The van der Waals surface area contributed by atoms with Crippen LogP contribution in [0.3, 0.4) is 0 Å². The number of hydrogen-bond donors (Lipinski definition) is 0. The topological polar surface area (TPSA) is 30.7 Å². The molecular formula is C11H10ClF2N3. The fourth-order valence-corrected chi connectivity index (χ4v) is 1.84. The highest BCUT2D eigenvalue weighted by Gasteiger charge is 2.13. The highest BCUT2D eigenvalue weighted by atomic mass is 35.5. The first-order valence-corrected chi connectivity index (χ1v) is 5.56. The lowest BCUT2D eigenvalue weighted by molar-refractivity contribution is 0.581. The second kappa shape index (κ2) is 4.79. The van der Waals surface area contributed by atoms with Crippen molar-refractivity contribution in [1.29, 1.82) is 0 Å². The van der Waals surface area contributed by atoms with Crippen molar-refractivity contribution in [3.63, 3.8) is 0 Å². The zero-order valence-electron chi connectivity index (χ0n) is 9.12. The minimum absolute atomic E-state index is 0.0958. The van der Waals surface area contributed by atoms with E-state index in [1.54, 1.807) is 0 Å². The molecule has 0 saturated carbocycles. The maximum Gasteiger partial charge on any atom is 0.229 e. The minimum atomic E-state index is -0.660. The normalized spacial score (nSPS) is 10.8. The van der Waals surface area contributed by atoms with Gasteiger partial charge in [0, 0.05) is 12.5 Å². The van der Waals surface area contributed by atoms with Crippen molar-refractivity contribution in [1.82, 2.24) is 14.8 Å². The Morgan fingerprint density at radius 3 is 2.41 bits per heavy atom. The fourth-order valence-electron chi connectivity index (χ4n) is 1.60. The van der Waals surface area contributed by atoms with Crippen LogP contribution < -0.4 is 0 Å². The Balaban J connectivity index is 2.54. The summed E-state index contributed by atoms with van der Waals surface area (Å²) < 4.78 is 27.7. The van der Waals surface area contributed by atoms with Gasteiger partial charge < -0.3 is 0 Å². The Morgan fingerprint density at radius 2 is 1.82 bits per heavy atom. The monoisotopic (exact) mass is 257 g/mol. The predicted octanol–water partition coefficient (Wildman–Crippen LogP) is 3.15. The molecule has 0 amide bonds. The second-order valence-electron chi connectivity index (χ2n) is 3.60. The van der Waals surface area contributed by atoms with Gasteiger partial charge in [-0.05, 0) is 30.2 Å². The van der Waals surface area contributed by atoms with E-state index in [0.717, 1.165) is 12.5 Å². The summed E-state index contributed by atoms with van der Waals surface area (Å²) in [6.45, 7) is 1.97. The summed E-state index contributed by atoms with van der Waals surface area (Å²) in [5.74, 6) is -0.734. The van der Waals surface area contributed by atoms with Gasteiger partial charge in [-0.25, -0.2) is 8.78 Å². The number of hydrogen-bond acceptors (Lipinski definition) is 2. The van der Waals surface area contributed by atoms with Gasteiger partial charge in [-0.3, -0.25) is 4.57 Å². The molecule has 1 aromatic heterocycles. The Labute approximate surface area is 102 Å². The van der Waals surface area contributed by atoms with Crippen LogP contribution in [0.5, 0.6) is 0 Å². The standard InChI is InChI=1S/C11H10ClF2N3/c1-2-3-10-15-16-11(12)17(10)9-5-7(13)4-8(14)6-9/h4-6H,2-3H2,1H3. The summed E-state index contributed by atoms with van der Waals surface area (Å²) in [5.41, 5.74) is 0.293. The quantitative estimate of drug-likeness (QED) is 0.846. The number of nitrogens with zero attached hydrogens (tertiary/aromatic N) is 3. The van der Waals surface area contributed by atoms with Gasteiger partial charge in [0.2, 0.25) is 5.28 Å². The molecule has 0 fully saturated rings. The van der Waals surface area contributed by atoms with E-state index in [2.05, 4.69) is 10.2 Å². The molecule has 0 aliphatic carbocycles. The highest BCUT2D eigenvalue weighted by Crippen LogP contribution is 2.20. The number of aryl methyl sites for hydroxylation is 1. The molecule has 0 spiro atoms. The van der Waals surface area contributed by atoms with Gasteiger partial charge in [-0.1, -0.05) is 6.92 Å². The van der Waals surface area contributed by atoms with Crippen LogP contribution in [0.4, 0.5) is 8.78 Å². The van der Waals surface area contributed by atoms with E-state index in [0.29, 0.717) is 17.9 Å². The van der Waals surface area contributed by atoms with E-state index in [1.165, 1.54) is 16.7 Å². The van der Waals surface area contributed by atoms with Gasteiger partial charge in [0.1, 0.15) is 17.5 Å². The zero-order valence-corrected chi connectivity index (χ0v) is 9.88. The van der Waals surface area contributed by atoms with Crippen molar-refractivity contribution < 1.29 is 8.78 Å². The molecule has 0 atom stereocenters. The van der Waals surface area contributed by atoms with Crippen molar-refractivity contribution in [2.75, 3.05) is 0 Å². The van der Waals surface area contributed by atoms with E-state index in [9.17, 15) is 8.78 Å². The molecule has 17 heavy (non-hydrogen) atoms. The van der Waals surface area contributed by atoms with Gasteiger partial charge in [-0.15, -0.1) is 10.2 Å². The molecule has 3 nitrogen and oxygen atoms in total. The van der Waals surface area contributed by atoms with Crippen LogP contribution in [0, 0.1) is 11.6 Å². The molecule has 90 valence electrons.